The summed E-state index contributed by atoms with van der Waals surface area (Å²) in [4.78, 5) is 15.6. The van der Waals surface area contributed by atoms with Crippen molar-refractivity contribution in [2.45, 2.75) is 0 Å². The molecular formula is C51H31N3O. The second-order valence-corrected chi connectivity index (χ2v) is 14.0. The molecule has 55 heavy (non-hydrogen) atoms. The zero-order chi connectivity index (χ0) is 36.3. The molecule has 0 radical (unpaired) electrons. The van der Waals surface area contributed by atoms with Crippen molar-refractivity contribution in [1.82, 2.24) is 15.0 Å². The molecule has 11 rings (SSSR count). The van der Waals surface area contributed by atoms with Crippen molar-refractivity contribution in [3.8, 4) is 56.4 Å². The minimum atomic E-state index is 0.612. The summed E-state index contributed by atoms with van der Waals surface area (Å²) in [6, 6.07) is 65.8. The number of aromatic nitrogens is 3. The number of fused-ring (bicyclic) bond motifs is 6. The van der Waals surface area contributed by atoms with E-state index in [9.17, 15) is 0 Å². The first kappa shape index (κ1) is 31.1. The quantitative estimate of drug-likeness (QED) is 0.179. The van der Waals surface area contributed by atoms with Gasteiger partial charge in [0.05, 0.1) is 0 Å². The van der Waals surface area contributed by atoms with E-state index in [-0.39, 0.29) is 0 Å². The molecule has 4 nitrogen and oxygen atoms in total. The highest BCUT2D eigenvalue weighted by Gasteiger charge is 2.17. The Balaban J connectivity index is 1.08. The molecule has 0 aliphatic rings. The van der Waals surface area contributed by atoms with Crippen LogP contribution < -0.4 is 0 Å². The average Bonchev–Trinajstić information content (AvgIpc) is 3.62. The minimum Gasteiger partial charge on any atom is -0.456 e. The second kappa shape index (κ2) is 12.6. The van der Waals surface area contributed by atoms with Crippen LogP contribution in [-0.4, -0.2) is 15.0 Å². The van der Waals surface area contributed by atoms with E-state index in [1.807, 2.05) is 12.1 Å². The maximum atomic E-state index is 6.27. The van der Waals surface area contributed by atoms with Crippen molar-refractivity contribution >= 4 is 54.3 Å². The lowest BCUT2D eigenvalue weighted by molar-refractivity contribution is 0.669. The molecule has 0 unspecified atom stereocenters. The number of rotatable bonds is 5. The van der Waals surface area contributed by atoms with Crippen LogP contribution in [0.1, 0.15) is 0 Å². The number of nitrogens with zero attached hydrogens (tertiary/aromatic N) is 3. The van der Waals surface area contributed by atoms with Gasteiger partial charge in [-0.2, -0.15) is 0 Å². The van der Waals surface area contributed by atoms with Crippen LogP contribution in [0, 0.1) is 0 Å². The van der Waals surface area contributed by atoms with Gasteiger partial charge in [0, 0.05) is 27.5 Å². The van der Waals surface area contributed by atoms with Crippen LogP contribution in [0.15, 0.2) is 192 Å². The molecule has 0 spiro atoms. The van der Waals surface area contributed by atoms with Crippen LogP contribution in [0.4, 0.5) is 0 Å². The van der Waals surface area contributed by atoms with Crippen molar-refractivity contribution in [2.24, 2.45) is 0 Å². The summed E-state index contributed by atoms with van der Waals surface area (Å²) in [6.45, 7) is 0. The van der Waals surface area contributed by atoms with Crippen LogP contribution >= 0.6 is 0 Å². The van der Waals surface area contributed by atoms with Gasteiger partial charge in [-0.1, -0.05) is 164 Å². The minimum absolute atomic E-state index is 0.612. The third-order valence-electron chi connectivity index (χ3n) is 10.7. The van der Waals surface area contributed by atoms with Gasteiger partial charge in [0.1, 0.15) is 11.2 Å². The summed E-state index contributed by atoms with van der Waals surface area (Å²) in [5, 5.41) is 9.10. The highest BCUT2D eigenvalue weighted by Crippen LogP contribution is 2.37. The van der Waals surface area contributed by atoms with E-state index in [1.165, 1.54) is 27.5 Å². The Kier molecular flexibility index (Phi) is 7.14. The molecule has 0 saturated heterocycles. The van der Waals surface area contributed by atoms with Gasteiger partial charge in [0.2, 0.25) is 0 Å². The summed E-state index contributed by atoms with van der Waals surface area (Å²) in [5.74, 6) is 1.86. The highest BCUT2D eigenvalue weighted by atomic mass is 16.3. The summed E-state index contributed by atoms with van der Waals surface area (Å²) in [7, 11) is 0. The van der Waals surface area contributed by atoms with Gasteiger partial charge in [0.15, 0.2) is 17.5 Å². The van der Waals surface area contributed by atoms with Crippen molar-refractivity contribution in [3.05, 3.63) is 188 Å². The topological polar surface area (TPSA) is 51.8 Å². The summed E-state index contributed by atoms with van der Waals surface area (Å²) in [6.07, 6.45) is 0. The molecule has 0 atom stereocenters. The Hall–Kier alpha value is -7.43. The second-order valence-electron chi connectivity index (χ2n) is 14.0. The molecule has 0 N–H and O–H groups in total. The van der Waals surface area contributed by atoms with Crippen LogP contribution in [0.3, 0.4) is 0 Å². The molecule has 0 aliphatic carbocycles. The molecule has 4 heteroatoms. The fourth-order valence-corrected chi connectivity index (χ4v) is 8.01. The van der Waals surface area contributed by atoms with E-state index in [0.717, 1.165) is 65.7 Å². The molecule has 0 aliphatic heterocycles. The van der Waals surface area contributed by atoms with Crippen LogP contribution in [0.25, 0.3) is 111 Å². The largest absolute Gasteiger partial charge is 0.456 e. The van der Waals surface area contributed by atoms with Gasteiger partial charge in [-0.05, 0) is 78.8 Å². The number of hydrogen-bond acceptors (Lipinski definition) is 4. The van der Waals surface area contributed by atoms with Crippen LogP contribution in [-0.2, 0) is 0 Å². The smallest absolute Gasteiger partial charge is 0.164 e. The van der Waals surface area contributed by atoms with Crippen LogP contribution in [0.5, 0.6) is 0 Å². The first-order valence-electron chi connectivity index (χ1n) is 18.5. The van der Waals surface area contributed by atoms with Gasteiger partial charge in [-0.3, -0.25) is 0 Å². The zero-order valence-electron chi connectivity index (χ0n) is 29.6. The number of furan rings is 1. The SMILES string of the molecule is c1ccc(-c2cccc3c(-c4nc(-c5ccc(-c6cccc7ccccc67)cc5)nc(-c5ccc6cc7c(cc6c5)oc5ccccc57)n4)cccc23)cc1. The maximum absolute atomic E-state index is 6.27. The predicted octanol–water partition coefficient (Wildman–Crippen LogP) is 13.6. The molecule has 0 amide bonds. The fraction of sp³-hybridized carbons (Fsp3) is 0. The predicted molar refractivity (Wildman–Crippen MR) is 227 cm³/mol. The number of para-hydroxylation sites is 1. The third-order valence-corrected chi connectivity index (χ3v) is 10.7. The zero-order valence-corrected chi connectivity index (χ0v) is 29.6. The van der Waals surface area contributed by atoms with Gasteiger partial charge in [-0.15, -0.1) is 0 Å². The van der Waals surface area contributed by atoms with Gasteiger partial charge in [-0.25, -0.2) is 15.0 Å². The normalized spacial score (nSPS) is 11.6. The molecule has 0 fully saturated rings. The molecule has 11 aromatic rings. The number of benzene rings is 9. The Morgan fingerprint density at radius 3 is 1.67 bits per heavy atom. The summed E-state index contributed by atoms with van der Waals surface area (Å²) in [5.41, 5.74) is 9.21. The van der Waals surface area contributed by atoms with Crippen molar-refractivity contribution in [3.63, 3.8) is 0 Å². The van der Waals surface area contributed by atoms with Crippen LogP contribution in [0.2, 0.25) is 0 Å². The standard InChI is InChI=1S/C51H31N3O/c1-2-11-32(12-3-1)41-18-9-20-43-42(41)19-10-21-45(43)51-53-49(35-25-23-34(24-26-35)40-17-8-14-33-13-4-5-15-39(33)40)52-50(54-51)37-28-27-36-30-46-44-16-6-7-22-47(44)55-48(46)31-38(36)29-37/h1-31H. The van der Waals surface area contributed by atoms with Gasteiger partial charge < -0.3 is 4.42 Å². The van der Waals surface area contributed by atoms with E-state index < -0.39 is 0 Å². The van der Waals surface area contributed by atoms with Gasteiger partial charge in [0.25, 0.3) is 0 Å². The third kappa shape index (κ3) is 5.34. The molecule has 0 bridgehead atoms. The van der Waals surface area contributed by atoms with Crippen molar-refractivity contribution < 1.29 is 4.42 Å². The first-order valence-corrected chi connectivity index (χ1v) is 18.5. The lowest BCUT2D eigenvalue weighted by Crippen LogP contribution is -2.01. The van der Waals surface area contributed by atoms with E-state index in [4.69, 9.17) is 19.4 Å². The van der Waals surface area contributed by atoms with E-state index in [1.54, 1.807) is 0 Å². The van der Waals surface area contributed by atoms with E-state index in [0.29, 0.717) is 17.5 Å². The Bertz CT molecular complexity index is 3250. The number of hydrogen-bond donors (Lipinski definition) is 0. The molecule has 2 aromatic heterocycles. The monoisotopic (exact) mass is 701 g/mol. The lowest BCUT2D eigenvalue weighted by Gasteiger charge is -2.13. The van der Waals surface area contributed by atoms with Gasteiger partial charge >= 0.3 is 0 Å². The Labute approximate surface area is 317 Å². The van der Waals surface area contributed by atoms with E-state index in [2.05, 4.69) is 176 Å². The maximum Gasteiger partial charge on any atom is 0.164 e. The summed E-state index contributed by atoms with van der Waals surface area (Å²) >= 11 is 0. The molecular weight excluding hydrogens is 671 g/mol. The molecule has 9 aromatic carbocycles. The fourth-order valence-electron chi connectivity index (χ4n) is 8.01. The molecule has 256 valence electrons. The average molecular weight is 702 g/mol. The first-order chi connectivity index (χ1) is 27.2. The Morgan fingerprint density at radius 1 is 0.273 bits per heavy atom. The Morgan fingerprint density at radius 2 is 0.836 bits per heavy atom. The van der Waals surface area contributed by atoms with Crippen molar-refractivity contribution in [1.29, 1.82) is 0 Å². The lowest BCUT2D eigenvalue weighted by atomic mass is 9.95. The summed E-state index contributed by atoms with van der Waals surface area (Å²) < 4.78 is 6.27. The van der Waals surface area contributed by atoms with E-state index >= 15 is 0 Å². The molecule has 2 heterocycles. The highest BCUT2D eigenvalue weighted by molar-refractivity contribution is 6.10. The van der Waals surface area contributed by atoms with Crippen molar-refractivity contribution in [2.75, 3.05) is 0 Å². The molecule has 0 saturated carbocycles.